The first-order chi connectivity index (χ1) is 16.8. The van der Waals surface area contributed by atoms with Gasteiger partial charge in [0.2, 0.25) is 5.96 Å². The first-order valence-electron chi connectivity index (χ1n) is 10.8. The van der Waals surface area contributed by atoms with Gasteiger partial charge in [0.15, 0.2) is 0 Å². The highest BCUT2D eigenvalue weighted by Crippen LogP contribution is 2.22. The van der Waals surface area contributed by atoms with Gasteiger partial charge in [0.05, 0.1) is 11.2 Å². The zero-order valence-corrected chi connectivity index (χ0v) is 20.8. The third kappa shape index (κ3) is 6.83. The van der Waals surface area contributed by atoms with Gasteiger partial charge in [-0.25, -0.2) is 0 Å². The van der Waals surface area contributed by atoms with Gasteiger partial charge in [-0.3, -0.25) is 9.59 Å². The number of nitrogens with zero attached hydrogens (tertiary/aromatic N) is 1. The van der Waals surface area contributed by atoms with Crippen molar-refractivity contribution in [1.82, 2.24) is 5.32 Å². The number of nitrogens with two attached hydrogens (primary N) is 2. The molecule has 0 bridgehead atoms. The van der Waals surface area contributed by atoms with Gasteiger partial charge < -0.3 is 26.5 Å². The average molecular weight is 510 g/mol. The van der Waals surface area contributed by atoms with E-state index in [0.717, 1.165) is 5.56 Å². The lowest BCUT2D eigenvalue weighted by atomic mass is 9.87. The van der Waals surface area contributed by atoms with Crippen LogP contribution >= 0.6 is 0 Å². The van der Waals surface area contributed by atoms with Crippen LogP contribution in [0.2, 0.25) is 0 Å². The number of anilines is 1. The fraction of sp³-hybridized carbons (Fsp3) is 0.160. The van der Waals surface area contributed by atoms with Gasteiger partial charge in [0.25, 0.3) is 21.8 Å². The Kier molecular flexibility index (Phi) is 7.64. The van der Waals surface area contributed by atoms with Crippen molar-refractivity contribution < 1.29 is 22.4 Å². The van der Waals surface area contributed by atoms with Crippen LogP contribution in [0.25, 0.3) is 6.08 Å². The average Bonchev–Trinajstić information content (AvgIpc) is 3.31. The van der Waals surface area contributed by atoms with Crippen LogP contribution in [0.3, 0.4) is 0 Å². The summed E-state index contributed by atoms with van der Waals surface area (Å²) in [5.74, 6) is -1.38. The number of sulfonamides is 1. The maximum absolute atomic E-state index is 13.0. The number of amides is 2. The monoisotopic (exact) mass is 509 g/mol. The van der Waals surface area contributed by atoms with Crippen molar-refractivity contribution in [3.8, 4) is 0 Å². The van der Waals surface area contributed by atoms with Crippen LogP contribution in [0, 0.1) is 0 Å². The lowest BCUT2D eigenvalue weighted by molar-refractivity contribution is -0.113. The van der Waals surface area contributed by atoms with Gasteiger partial charge in [-0.05, 0) is 59.5 Å². The highest BCUT2D eigenvalue weighted by atomic mass is 32.2. The van der Waals surface area contributed by atoms with E-state index in [2.05, 4.69) is 35.8 Å². The molecule has 2 amide bonds. The zero-order valence-electron chi connectivity index (χ0n) is 20.0. The van der Waals surface area contributed by atoms with E-state index in [1.54, 1.807) is 24.3 Å². The first-order valence-corrected chi connectivity index (χ1v) is 12.2. The molecule has 36 heavy (non-hydrogen) atoms. The highest BCUT2D eigenvalue weighted by Gasteiger charge is 2.18. The Morgan fingerprint density at radius 2 is 1.61 bits per heavy atom. The number of hydrogen-bond donors (Lipinski definition) is 4. The van der Waals surface area contributed by atoms with E-state index in [4.69, 9.17) is 15.9 Å². The number of furan rings is 1. The molecule has 6 N–H and O–H groups in total. The molecule has 3 rings (SSSR count). The van der Waals surface area contributed by atoms with Crippen LogP contribution in [-0.2, 0) is 20.2 Å². The second kappa shape index (κ2) is 10.5. The number of benzene rings is 2. The molecule has 0 aliphatic rings. The Labute approximate surface area is 209 Å². The lowest BCUT2D eigenvalue weighted by Gasteiger charge is -2.19. The van der Waals surface area contributed by atoms with E-state index < -0.39 is 27.8 Å². The van der Waals surface area contributed by atoms with Gasteiger partial charge in [0.1, 0.15) is 11.5 Å². The van der Waals surface area contributed by atoms with Crippen LogP contribution in [0.1, 0.15) is 42.5 Å². The molecule has 0 radical (unpaired) electrons. The molecule has 0 saturated carbocycles. The molecule has 0 aliphatic heterocycles. The molecule has 2 aromatic carbocycles. The van der Waals surface area contributed by atoms with E-state index in [9.17, 15) is 18.0 Å². The Bertz CT molecular complexity index is 1400. The number of nitrogens with one attached hydrogen (secondary N) is 2. The maximum Gasteiger partial charge on any atom is 0.285 e. The molecule has 1 aromatic heterocycles. The Morgan fingerprint density at radius 3 is 2.14 bits per heavy atom. The SMILES string of the molecule is CC(C)(C)c1ccc(C(=O)NC(=Cc2ccco2)C(=O)Nc2ccc(S(=O)(=O)N=C(N)N)cc2)cc1. The van der Waals surface area contributed by atoms with E-state index in [0.29, 0.717) is 11.3 Å². The van der Waals surface area contributed by atoms with Gasteiger partial charge in [0, 0.05) is 17.3 Å². The van der Waals surface area contributed by atoms with Crippen LogP contribution in [0.15, 0.2) is 86.3 Å². The fourth-order valence-corrected chi connectivity index (χ4v) is 3.95. The van der Waals surface area contributed by atoms with Crippen molar-refractivity contribution in [3.05, 3.63) is 89.5 Å². The Hall–Kier alpha value is -4.38. The molecule has 10 nitrogen and oxygen atoms in total. The third-order valence-corrected chi connectivity index (χ3v) is 6.29. The molecule has 188 valence electrons. The van der Waals surface area contributed by atoms with Gasteiger partial charge in [-0.1, -0.05) is 32.9 Å². The lowest BCUT2D eigenvalue weighted by Crippen LogP contribution is -2.30. The van der Waals surface area contributed by atoms with Gasteiger partial charge >= 0.3 is 0 Å². The molecule has 0 aliphatic carbocycles. The van der Waals surface area contributed by atoms with Crippen molar-refractivity contribution in [2.24, 2.45) is 15.9 Å². The maximum atomic E-state index is 13.0. The predicted molar refractivity (Wildman–Crippen MR) is 137 cm³/mol. The molecule has 0 atom stereocenters. The normalized spacial score (nSPS) is 12.0. The molecule has 0 unspecified atom stereocenters. The minimum absolute atomic E-state index is 0.0720. The summed E-state index contributed by atoms with van der Waals surface area (Å²) in [4.78, 5) is 25.7. The largest absolute Gasteiger partial charge is 0.465 e. The summed E-state index contributed by atoms with van der Waals surface area (Å²) in [5.41, 5.74) is 11.9. The Balaban J connectivity index is 1.81. The number of carbonyl (C=O) groups is 2. The standard InChI is InChI=1S/C25H27N5O5S/c1-25(2,3)17-8-6-16(7-9-17)22(31)29-21(15-19-5-4-14-35-19)23(32)28-18-10-12-20(13-11-18)36(33,34)30-24(26)27/h4-15H,1-3H3,(H,28,32)(H,29,31)(H4,26,27,30). The third-order valence-electron chi connectivity index (χ3n) is 4.97. The topological polar surface area (TPSA) is 170 Å². The van der Waals surface area contributed by atoms with Gasteiger partial charge in [-0.2, -0.15) is 8.42 Å². The highest BCUT2D eigenvalue weighted by molar-refractivity contribution is 7.90. The summed E-state index contributed by atoms with van der Waals surface area (Å²) in [7, 11) is -4.07. The quantitative estimate of drug-likeness (QED) is 0.215. The van der Waals surface area contributed by atoms with E-state index in [1.807, 2.05) is 12.1 Å². The molecular weight excluding hydrogens is 482 g/mol. The Morgan fingerprint density at radius 1 is 0.972 bits per heavy atom. The summed E-state index contributed by atoms with van der Waals surface area (Å²) in [6.07, 6.45) is 2.82. The van der Waals surface area contributed by atoms with Crippen LogP contribution < -0.4 is 22.1 Å². The van der Waals surface area contributed by atoms with E-state index in [1.165, 1.54) is 36.6 Å². The summed E-state index contributed by atoms with van der Waals surface area (Å²) < 4.78 is 32.7. The van der Waals surface area contributed by atoms with Crippen LogP contribution in [-0.4, -0.2) is 26.2 Å². The van der Waals surface area contributed by atoms with Crippen LogP contribution in [0.5, 0.6) is 0 Å². The second-order valence-corrected chi connectivity index (χ2v) is 10.4. The van der Waals surface area contributed by atoms with Crippen LogP contribution in [0.4, 0.5) is 5.69 Å². The number of guanidine groups is 1. The summed E-state index contributed by atoms with van der Waals surface area (Å²) in [6, 6.07) is 15.6. The summed E-state index contributed by atoms with van der Waals surface area (Å²) in [5, 5.41) is 5.23. The van der Waals surface area contributed by atoms with Crippen molar-refractivity contribution in [2.45, 2.75) is 31.1 Å². The van der Waals surface area contributed by atoms with E-state index >= 15 is 0 Å². The predicted octanol–water partition coefficient (Wildman–Crippen LogP) is 2.95. The zero-order chi connectivity index (χ0) is 26.5. The molecule has 1 heterocycles. The van der Waals surface area contributed by atoms with E-state index in [-0.39, 0.29) is 21.7 Å². The molecular formula is C25H27N5O5S. The van der Waals surface area contributed by atoms with Crippen molar-refractivity contribution in [1.29, 1.82) is 0 Å². The smallest absolute Gasteiger partial charge is 0.285 e. The number of hydrogen-bond acceptors (Lipinski definition) is 5. The molecule has 0 fully saturated rings. The van der Waals surface area contributed by atoms with Crippen molar-refractivity contribution in [2.75, 3.05) is 5.32 Å². The first kappa shape index (κ1) is 26.2. The second-order valence-electron chi connectivity index (χ2n) is 8.82. The minimum Gasteiger partial charge on any atom is -0.465 e. The minimum atomic E-state index is -4.07. The molecule has 3 aromatic rings. The number of rotatable bonds is 7. The van der Waals surface area contributed by atoms with Crippen molar-refractivity contribution >= 4 is 39.6 Å². The summed E-state index contributed by atoms with van der Waals surface area (Å²) in [6.45, 7) is 6.21. The van der Waals surface area contributed by atoms with Crippen molar-refractivity contribution in [3.63, 3.8) is 0 Å². The summed E-state index contributed by atoms with van der Waals surface area (Å²) >= 11 is 0. The number of carbonyl (C=O) groups excluding carboxylic acids is 2. The fourth-order valence-electron chi connectivity index (χ4n) is 3.09. The molecule has 11 heteroatoms. The van der Waals surface area contributed by atoms with Gasteiger partial charge in [-0.15, -0.1) is 4.40 Å². The molecule has 0 saturated heterocycles. The molecule has 0 spiro atoms.